The molecular formula is C17H26N2. The third-order valence-corrected chi connectivity index (χ3v) is 4.77. The summed E-state index contributed by atoms with van der Waals surface area (Å²) in [6.45, 7) is 9.81. The number of rotatable bonds is 3. The molecule has 0 bridgehead atoms. The van der Waals surface area contributed by atoms with Gasteiger partial charge in [-0.3, -0.25) is 4.90 Å². The second-order valence-electron chi connectivity index (χ2n) is 6.14. The molecule has 0 atom stereocenters. The quantitative estimate of drug-likeness (QED) is 0.822. The first kappa shape index (κ1) is 13.1. The summed E-state index contributed by atoms with van der Waals surface area (Å²) in [5.74, 6) is 0. The minimum atomic E-state index is 1.16. The van der Waals surface area contributed by atoms with Crippen LogP contribution in [0.1, 0.15) is 36.0 Å². The highest BCUT2D eigenvalue weighted by Gasteiger charge is 2.18. The van der Waals surface area contributed by atoms with Gasteiger partial charge in [-0.25, -0.2) is 0 Å². The maximum Gasteiger partial charge on any atom is 0.0239 e. The van der Waals surface area contributed by atoms with Gasteiger partial charge >= 0.3 is 0 Å². The van der Waals surface area contributed by atoms with E-state index in [0.29, 0.717) is 0 Å². The molecule has 0 spiro atoms. The number of likely N-dealkylation sites (tertiary alicyclic amines) is 1. The van der Waals surface area contributed by atoms with Crippen LogP contribution in [0.4, 0.5) is 0 Å². The molecule has 0 aromatic heterocycles. The first-order valence-electron chi connectivity index (χ1n) is 7.85. The number of benzene rings is 1. The highest BCUT2D eigenvalue weighted by molar-refractivity contribution is 5.35. The van der Waals surface area contributed by atoms with Crippen LogP contribution in [-0.4, -0.2) is 42.5 Å². The summed E-state index contributed by atoms with van der Waals surface area (Å²) in [5, 5.41) is 0. The van der Waals surface area contributed by atoms with Crippen LogP contribution in [0, 0.1) is 6.92 Å². The predicted octanol–water partition coefficient (Wildman–Crippen LogP) is 2.84. The average Bonchev–Trinajstić information content (AvgIpc) is 2.47. The Bertz CT molecular complexity index is 421. The van der Waals surface area contributed by atoms with Crippen LogP contribution < -0.4 is 0 Å². The summed E-state index contributed by atoms with van der Waals surface area (Å²) in [6.07, 6.45) is 5.48. The molecule has 2 nitrogen and oxygen atoms in total. The Morgan fingerprint density at radius 2 is 1.74 bits per heavy atom. The fraction of sp³-hybridized carbons (Fsp3) is 0.647. The summed E-state index contributed by atoms with van der Waals surface area (Å²) in [5.41, 5.74) is 4.64. The van der Waals surface area contributed by atoms with E-state index < -0.39 is 0 Å². The first-order chi connectivity index (χ1) is 9.33. The van der Waals surface area contributed by atoms with Crippen molar-refractivity contribution in [3.63, 3.8) is 0 Å². The van der Waals surface area contributed by atoms with E-state index in [1.807, 2.05) is 0 Å². The van der Waals surface area contributed by atoms with E-state index in [9.17, 15) is 0 Å². The minimum Gasteiger partial charge on any atom is -0.302 e. The van der Waals surface area contributed by atoms with E-state index in [1.54, 1.807) is 11.1 Å². The summed E-state index contributed by atoms with van der Waals surface area (Å²) >= 11 is 0. The molecule has 0 amide bonds. The van der Waals surface area contributed by atoms with E-state index in [2.05, 4.69) is 34.9 Å². The van der Waals surface area contributed by atoms with Crippen molar-refractivity contribution in [2.24, 2.45) is 0 Å². The first-order valence-corrected chi connectivity index (χ1v) is 7.85. The van der Waals surface area contributed by atoms with Gasteiger partial charge in [0.1, 0.15) is 0 Å². The topological polar surface area (TPSA) is 6.48 Å². The van der Waals surface area contributed by atoms with E-state index in [0.717, 1.165) is 6.54 Å². The van der Waals surface area contributed by atoms with E-state index >= 15 is 0 Å². The maximum atomic E-state index is 2.65. The Morgan fingerprint density at radius 1 is 0.947 bits per heavy atom. The highest BCUT2D eigenvalue weighted by atomic mass is 15.2. The monoisotopic (exact) mass is 258 g/mol. The van der Waals surface area contributed by atoms with E-state index in [1.165, 1.54) is 64.0 Å². The lowest BCUT2D eigenvalue weighted by Gasteiger charge is -2.33. The molecule has 104 valence electrons. The van der Waals surface area contributed by atoms with Crippen molar-refractivity contribution >= 4 is 0 Å². The molecule has 1 saturated heterocycles. The van der Waals surface area contributed by atoms with Crippen molar-refractivity contribution in [1.82, 2.24) is 9.80 Å². The van der Waals surface area contributed by atoms with Gasteiger partial charge in [0.15, 0.2) is 0 Å². The number of hydrogen-bond acceptors (Lipinski definition) is 2. The minimum absolute atomic E-state index is 1.16. The van der Waals surface area contributed by atoms with Gasteiger partial charge in [0, 0.05) is 26.2 Å². The Hall–Kier alpha value is -0.860. The van der Waals surface area contributed by atoms with Gasteiger partial charge in [0.05, 0.1) is 0 Å². The van der Waals surface area contributed by atoms with Gasteiger partial charge in [-0.2, -0.15) is 0 Å². The van der Waals surface area contributed by atoms with Gasteiger partial charge in [-0.1, -0.05) is 24.6 Å². The molecule has 0 aliphatic carbocycles. The molecule has 2 aliphatic rings. The molecule has 19 heavy (non-hydrogen) atoms. The Labute approximate surface area is 117 Å². The van der Waals surface area contributed by atoms with Crippen molar-refractivity contribution in [2.75, 3.05) is 32.7 Å². The molecule has 1 aromatic carbocycles. The lowest BCUT2D eigenvalue weighted by Crippen LogP contribution is -2.40. The van der Waals surface area contributed by atoms with Crippen LogP contribution in [-0.2, 0) is 13.0 Å². The van der Waals surface area contributed by atoms with Crippen LogP contribution in [0.25, 0.3) is 0 Å². The van der Waals surface area contributed by atoms with Gasteiger partial charge in [-0.15, -0.1) is 0 Å². The molecule has 1 aromatic rings. The Morgan fingerprint density at radius 3 is 2.58 bits per heavy atom. The number of aryl methyl sites for hydroxylation is 1. The molecule has 0 unspecified atom stereocenters. The SMILES string of the molecule is Cc1cccc2c1CN(CCN1CCCCC1)CC2. The lowest BCUT2D eigenvalue weighted by atomic mass is 9.95. The average molecular weight is 258 g/mol. The van der Waals surface area contributed by atoms with Crippen LogP contribution in [0.2, 0.25) is 0 Å². The Balaban J connectivity index is 1.55. The third kappa shape index (κ3) is 3.18. The molecule has 2 heteroatoms. The summed E-state index contributed by atoms with van der Waals surface area (Å²) < 4.78 is 0. The zero-order valence-corrected chi connectivity index (χ0v) is 12.2. The van der Waals surface area contributed by atoms with E-state index in [-0.39, 0.29) is 0 Å². The normalized spacial score (nSPS) is 21.3. The van der Waals surface area contributed by atoms with Crippen LogP contribution in [0.5, 0.6) is 0 Å². The number of hydrogen-bond donors (Lipinski definition) is 0. The molecule has 3 rings (SSSR count). The smallest absolute Gasteiger partial charge is 0.0239 e. The van der Waals surface area contributed by atoms with Gasteiger partial charge in [0.2, 0.25) is 0 Å². The number of piperidine rings is 1. The summed E-state index contributed by atoms with van der Waals surface area (Å²) in [7, 11) is 0. The number of nitrogens with zero attached hydrogens (tertiary/aromatic N) is 2. The lowest BCUT2D eigenvalue weighted by molar-refractivity contribution is 0.173. The van der Waals surface area contributed by atoms with Crippen molar-refractivity contribution in [3.05, 3.63) is 34.9 Å². The van der Waals surface area contributed by atoms with E-state index in [4.69, 9.17) is 0 Å². The fourth-order valence-electron chi connectivity index (χ4n) is 3.46. The standard InChI is InChI=1S/C17H26N2/c1-15-6-5-7-16-8-11-19(14-17(15)16)13-12-18-9-3-2-4-10-18/h5-7H,2-4,8-14H2,1H3. The second kappa shape index (κ2) is 6.06. The molecule has 0 saturated carbocycles. The number of fused-ring (bicyclic) bond motifs is 1. The third-order valence-electron chi connectivity index (χ3n) is 4.77. The summed E-state index contributed by atoms with van der Waals surface area (Å²) in [4.78, 5) is 5.29. The molecule has 0 radical (unpaired) electrons. The van der Waals surface area contributed by atoms with Gasteiger partial charge in [0.25, 0.3) is 0 Å². The van der Waals surface area contributed by atoms with Crippen LogP contribution in [0.15, 0.2) is 18.2 Å². The molecule has 0 N–H and O–H groups in total. The van der Waals surface area contributed by atoms with Crippen LogP contribution >= 0.6 is 0 Å². The molecular weight excluding hydrogens is 232 g/mol. The van der Waals surface area contributed by atoms with Gasteiger partial charge in [-0.05, 0) is 56.0 Å². The second-order valence-corrected chi connectivity index (χ2v) is 6.14. The predicted molar refractivity (Wildman–Crippen MR) is 80.5 cm³/mol. The van der Waals surface area contributed by atoms with Crippen molar-refractivity contribution in [1.29, 1.82) is 0 Å². The van der Waals surface area contributed by atoms with Crippen molar-refractivity contribution in [3.8, 4) is 0 Å². The fourth-order valence-corrected chi connectivity index (χ4v) is 3.46. The highest BCUT2D eigenvalue weighted by Crippen LogP contribution is 2.22. The molecule has 2 aliphatic heterocycles. The van der Waals surface area contributed by atoms with Crippen LogP contribution in [0.3, 0.4) is 0 Å². The van der Waals surface area contributed by atoms with Crippen molar-refractivity contribution < 1.29 is 0 Å². The molecule has 2 heterocycles. The largest absolute Gasteiger partial charge is 0.302 e. The van der Waals surface area contributed by atoms with Crippen molar-refractivity contribution in [2.45, 2.75) is 39.2 Å². The van der Waals surface area contributed by atoms with Gasteiger partial charge < -0.3 is 4.90 Å². The maximum absolute atomic E-state index is 2.65. The zero-order valence-electron chi connectivity index (χ0n) is 12.2. The summed E-state index contributed by atoms with van der Waals surface area (Å²) in [6, 6.07) is 6.77. The Kier molecular flexibility index (Phi) is 4.19. The zero-order chi connectivity index (χ0) is 13.1. The molecule has 1 fully saturated rings.